The van der Waals surface area contributed by atoms with Crippen LogP contribution >= 0.6 is 15.9 Å². The normalized spacial score (nSPS) is 21.0. The molecule has 0 spiro atoms. The van der Waals surface area contributed by atoms with E-state index < -0.39 is 5.60 Å². The third kappa shape index (κ3) is 2.74. The van der Waals surface area contributed by atoms with E-state index in [4.69, 9.17) is 4.74 Å². The first kappa shape index (κ1) is 15.4. The molecule has 2 aromatic rings. The Kier molecular flexibility index (Phi) is 3.71. The van der Waals surface area contributed by atoms with Crippen molar-refractivity contribution in [3.63, 3.8) is 0 Å². The lowest BCUT2D eigenvalue weighted by atomic mass is 9.95. The monoisotopic (exact) mass is 364 g/mol. The molecule has 0 aliphatic carbocycles. The third-order valence-corrected chi connectivity index (χ3v) is 4.68. The molecule has 0 saturated carbocycles. The molecule has 0 unspecified atom stereocenters. The molecule has 0 radical (unpaired) electrons. The summed E-state index contributed by atoms with van der Waals surface area (Å²) in [6.07, 6.45) is 2.56. The van der Waals surface area contributed by atoms with Gasteiger partial charge in [-0.15, -0.1) is 0 Å². The molecule has 0 bridgehead atoms. The number of aromatic nitrogens is 1. The van der Waals surface area contributed by atoms with Crippen LogP contribution in [0.2, 0.25) is 0 Å². The lowest BCUT2D eigenvalue weighted by Gasteiger charge is -2.32. The molecular weight excluding hydrogens is 344 g/mol. The summed E-state index contributed by atoms with van der Waals surface area (Å²) in [6, 6.07) is 6.51. The van der Waals surface area contributed by atoms with Crippen LogP contribution in [0, 0.1) is 0 Å². The van der Waals surface area contributed by atoms with Gasteiger partial charge in [-0.05, 0) is 55.6 Å². The number of carbonyl (C=O) groups is 1. The molecule has 1 N–H and O–H groups in total. The van der Waals surface area contributed by atoms with Gasteiger partial charge in [0.2, 0.25) is 0 Å². The Hall–Kier alpha value is -1.49. The van der Waals surface area contributed by atoms with E-state index in [9.17, 15) is 4.79 Å². The Morgan fingerprint density at radius 3 is 2.82 bits per heavy atom. The third-order valence-electron chi connectivity index (χ3n) is 4.05. The van der Waals surface area contributed by atoms with Gasteiger partial charge in [-0.25, -0.2) is 4.79 Å². The summed E-state index contributed by atoms with van der Waals surface area (Å²) in [5.41, 5.74) is 2.02. The number of para-hydroxylation sites is 1. The van der Waals surface area contributed by atoms with Crippen LogP contribution in [-0.4, -0.2) is 22.3 Å². The van der Waals surface area contributed by atoms with E-state index in [1.165, 1.54) is 16.5 Å². The average molecular weight is 365 g/mol. The largest absolute Gasteiger partial charge is 0.444 e. The Morgan fingerprint density at radius 2 is 2.14 bits per heavy atom. The zero-order valence-corrected chi connectivity index (χ0v) is 14.9. The fourth-order valence-corrected chi connectivity index (χ4v) is 3.60. The first-order valence-electron chi connectivity index (χ1n) is 7.54. The van der Waals surface area contributed by atoms with Gasteiger partial charge in [-0.2, -0.15) is 0 Å². The maximum absolute atomic E-state index is 12.1. The van der Waals surface area contributed by atoms with E-state index in [2.05, 4.69) is 57.1 Å². The molecule has 2 heterocycles. The lowest BCUT2D eigenvalue weighted by molar-refractivity contribution is 0.0488. The molecule has 0 saturated heterocycles. The van der Waals surface area contributed by atoms with Crippen molar-refractivity contribution in [1.29, 1.82) is 0 Å². The summed E-state index contributed by atoms with van der Waals surface area (Å²) in [5, 5.41) is 4.24. The highest BCUT2D eigenvalue weighted by atomic mass is 79.9. The average Bonchev–Trinajstić information content (AvgIpc) is 2.73. The van der Waals surface area contributed by atoms with E-state index >= 15 is 0 Å². The van der Waals surface area contributed by atoms with Crippen LogP contribution in [0.25, 0.3) is 10.9 Å². The van der Waals surface area contributed by atoms with Crippen molar-refractivity contribution in [3.8, 4) is 0 Å². The molecule has 1 aromatic carbocycles. The molecule has 2 atom stereocenters. The quantitative estimate of drug-likeness (QED) is 0.813. The number of nitrogens with zero attached hydrogens (tertiary/aromatic N) is 1. The fraction of sp³-hybridized carbons (Fsp3) is 0.471. The fourth-order valence-electron chi connectivity index (χ4n) is 3.06. The zero-order chi connectivity index (χ0) is 16.1. The van der Waals surface area contributed by atoms with E-state index in [1.54, 1.807) is 0 Å². The topological polar surface area (TPSA) is 43.3 Å². The van der Waals surface area contributed by atoms with Crippen LogP contribution in [0.3, 0.4) is 0 Å². The molecule has 4 nitrogen and oxygen atoms in total. The number of alkyl carbamates (subject to hydrolysis) is 1. The number of ether oxygens (including phenoxy) is 1. The van der Waals surface area contributed by atoms with Gasteiger partial charge in [-0.3, -0.25) is 0 Å². The number of hydrogen-bond donors (Lipinski definition) is 1. The summed E-state index contributed by atoms with van der Waals surface area (Å²) in [7, 11) is 0. The van der Waals surface area contributed by atoms with Crippen LogP contribution < -0.4 is 5.32 Å². The van der Waals surface area contributed by atoms with Gasteiger partial charge < -0.3 is 14.6 Å². The van der Waals surface area contributed by atoms with Crippen molar-refractivity contribution in [3.05, 3.63) is 34.4 Å². The van der Waals surface area contributed by atoms with Gasteiger partial charge in [0.1, 0.15) is 5.60 Å². The van der Waals surface area contributed by atoms with Crippen molar-refractivity contribution in [2.45, 2.75) is 51.8 Å². The second kappa shape index (κ2) is 5.30. The van der Waals surface area contributed by atoms with E-state index in [-0.39, 0.29) is 18.2 Å². The Balaban J connectivity index is 1.88. The molecule has 0 fully saturated rings. The molecule has 1 aliphatic heterocycles. The van der Waals surface area contributed by atoms with Crippen molar-refractivity contribution in [2.24, 2.45) is 0 Å². The van der Waals surface area contributed by atoms with Gasteiger partial charge in [0.15, 0.2) is 0 Å². The predicted octanol–water partition coefficient (Wildman–Crippen LogP) is 4.41. The van der Waals surface area contributed by atoms with Gasteiger partial charge in [-0.1, -0.05) is 18.2 Å². The summed E-state index contributed by atoms with van der Waals surface area (Å²) in [4.78, 5) is 12.1. The summed E-state index contributed by atoms with van der Waals surface area (Å²) < 4.78 is 8.71. The van der Waals surface area contributed by atoms with Gasteiger partial charge in [0.25, 0.3) is 0 Å². The van der Waals surface area contributed by atoms with E-state index in [0.29, 0.717) is 0 Å². The first-order chi connectivity index (χ1) is 10.3. The van der Waals surface area contributed by atoms with Crippen LogP contribution in [-0.2, 0) is 11.2 Å². The highest BCUT2D eigenvalue weighted by molar-refractivity contribution is 9.10. The predicted molar refractivity (Wildman–Crippen MR) is 91.2 cm³/mol. The SMILES string of the molecule is C[C@@H]1[C@@H](NC(=O)OC(C)(C)C)Cc2cccc3c(Br)cn1c23. The Morgan fingerprint density at radius 1 is 1.41 bits per heavy atom. The number of nitrogens with one attached hydrogen (secondary N) is 1. The molecular formula is C17H21BrN2O2. The van der Waals surface area contributed by atoms with Crippen LogP contribution in [0.4, 0.5) is 4.79 Å². The number of rotatable bonds is 1. The summed E-state index contributed by atoms with van der Waals surface area (Å²) in [6.45, 7) is 7.75. The molecule has 3 rings (SSSR count). The van der Waals surface area contributed by atoms with Gasteiger partial charge >= 0.3 is 6.09 Å². The van der Waals surface area contributed by atoms with Gasteiger partial charge in [0.05, 0.1) is 17.6 Å². The Labute approximate surface area is 139 Å². The maximum atomic E-state index is 12.1. The minimum Gasteiger partial charge on any atom is -0.444 e. The highest BCUT2D eigenvalue weighted by Gasteiger charge is 2.30. The molecule has 5 heteroatoms. The van der Waals surface area contributed by atoms with Crippen molar-refractivity contribution in [1.82, 2.24) is 9.88 Å². The second-order valence-electron chi connectivity index (χ2n) is 6.90. The summed E-state index contributed by atoms with van der Waals surface area (Å²) in [5.74, 6) is 0. The van der Waals surface area contributed by atoms with Crippen LogP contribution in [0.5, 0.6) is 0 Å². The highest BCUT2D eigenvalue weighted by Crippen LogP contribution is 2.36. The molecule has 1 aromatic heterocycles. The summed E-state index contributed by atoms with van der Waals surface area (Å²) >= 11 is 3.63. The zero-order valence-electron chi connectivity index (χ0n) is 13.3. The van der Waals surface area contributed by atoms with Crippen molar-refractivity contribution >= 4 is 32.9 Å². The Bertz CT molecular complexity index is 730. The molecule has 1 amide bonds. The number of carbonyl (C=O) groups excluding carboxylic acids is 1. The minimum absolute atomic E-state index is 0.0206. The van der Waals surface area contributed by atoms with Crippen molar-refractivity contribution in [2.75, 3.05) is 0 Å². The minimum atomic E-state index is -0.482. The standard InChI is InChI=1S/C17H21BrN2O2/c1-10-14(19-16(21)22-17(2,3)4)8-11-6-5-7-12-13(18)9-20(10)15(11)12/h5-7,9-10,14H,8H2,1-4H3,(H,19,21)/t10-,14+/m1/s1. The number of halogens is 1. The van der Waals surface area contributed by atoms with Gasteiger partial charge in [0, 0.05) is 16.1 Å². The smallest absolute Gasteiger partial charge is 0.407 e. The number of hydrogen-bond acceptors (Lipinski definition) is 2. The number of amides is 1. The molecule has 118 valence electrons. The lowest BCUT2D eigenvalue weighted by Crippen LogP contribution is -2.45. The van der Waals surface area contributed by atoms with Crippen LogP contribution in [0.15, 0.2) is 28.9 Å². The van der Waals surface area contributed by atoms with E-state index in [1.807, 2.05) is 20.8 Å². The van der Waals surface area contributed by atoms with Crippen LogP contribution in [0.1, 0.15) is 39.3 Å². The number of benzene rings is 1. The second-order valence-corrected chi connectivity index (χ2v) is 7.75. The maximum Gasteiger partial charge on any atom is 0.407 e. The first-order valence-corrected chi connectivity index (χ1v) is 8.33. The van der Waals surface area contributed by atoms with E-state index in [0.717, 1.165) is 10.9 Å². The molecule has 22 heavy (non-hydrogen) atoms. The van der Waals surface area contributed by atoms with Crippen molar-refractivity contribution < 1.29 is 9.53 Å². The molecule has 1 aliphatic rings.